The van der Waals surface area contributed by atoms with Crippen molar-refractivity contribution in [2.24, 2.45) is 0 Å². The van der Waals surface area contributed by atoms with Gasteiger partial charge in [-0.15, -0.1) is 0 Å². The molecule has 0 aliphatic carbocycles. The maximum Gasteiger partial charge on any atom is 0.146 e. The average molecular weight is 297 g/mol. The van der Waals surface area contributed by atoms with Crippen LogP contribution in [-0.4, -0.2) is 12.2 Å². The smallest absolute Gasteiger partial charge is 0.146 e. The summed E-state index contributed by atoms with van der Waals surface area (Å²) in [7, 11) is 1.98. The number of para-hydroxylation sites is 2. The summed E-state index contributed by atoms with van der Waals surface area (Å²) in [5.74, 6) is 0.324. The van der Waals surface area contributed by atoms with E-state index in [0.29, 0.717) is 5.75 Å². The molecule has 4 heteroatoms. The Morgan fingerprint density at radius 1 is 1.05 bits per heavy atom. The lowest BCUT2D eigenvalue weighted by atomic mass is 9.85. The third-order valence-corrected chi connectivity index (χ3v) is 4.05. The fourth-order valence-electron chi connectivity index (χ4n) is 2.86. The van der Waals surface area contributed by atoms with Crippen LogP contribution in [0.2, 0.25) is 0 Å². The lowest BCUT2D eigenvalue weighted by molar-refractivity contribution is 0.446. The second kappa shape index (κ2) is 4.83. The normalized spacial score (nSPS) is 14.0. The standard InChI is InChI=1S/C18H23N3O/c1-12-10-13(18(2,3)4)17(22)16(11-12)21-19-14-8-6-7-9-15(14)20(21)5/h6-11,19,22H,1-5H3. The Balaban J connectivity index is 2.09. The molecule has 0 spiro atoms. The molecule has 116 valence electrons. The second-order valence-electron chi connectivity index (χ2n) is 6.89. The van der Waals surface area contributed by atoms with Crippen molar-refractivity contribution in [2.75, 3.05) is 22.6 Å². The molecule has 2 N–H and O–H groups in total. The first kappa shape index (κ1) is 14.6. The van der Waals surface area contributed by atoms with Crippen molar-refractivity contribution in [3.05, 3.63) is 47.5 Å². The number of hydrazine groups is 2. The minimum Gasteiger partial charge on any atom is -0.505 e. The molecule has 0 atom stereocenters. The molecule has 0 bridgehead atoms. The Labute approximate surface area is 131 Å². The van der Waals surface area contributed by atoms with Gasteiger partial charge in [-0.2, -0.15) is 5.12 Å². The Kier molecular flexibility index (Phi) is 3.20. The zero-order valence-corrected chi connectivity index (χ0v) is 13.8. The second-order valence-corrected chi connectivity index (χ2v) is 6.89. The highest BCUT2D eigenvalue weighted by Gasteiger charge is 2.29. The summed E-state index contributed by atoms with van der Waals surface area (Å²) in [4.78, 5) is 0. The van der Waals surface area contributed by atoms with Gasteiger partial charge in [0, 0.05) is 12.6 Å². The van der Waals surface area contributed by atoms with E-state index in [1.807, 2.05) is 41.4 Å². The Morgan fingerprint density at radius 2 is 1.73 bits per heavy atom. The van der Waals surface area contributed by atoms with Gasteiger partial charge in [-0.05, 0) is 36.1 Å². The summed E-state index contributed by atoms with van der Waals surface area (Å²) < 4.78 is 0. The van der Waals surface area contributed by atoms with Gasteiger partial charge in [0.05, 0.1) is 11.4 Å². The molecule has 0 saturated heterocycles. The Morgan fingerprint density at radius 3 is 2.36 bits per heavy atom. The van der Waals surface area contributed by atoms with Gasteiger partial charge in [0.1, 0.15) is 11.4 Å². The number of phenolic OH excluding ortho intramolecular Hbond substituents is 1. The lowest BCUT2D eigenvalue weighted by Crippen LogP contribution is -2.39. The van der Waals surface area contributed by atoms with E-state index in [1.54, 1.807) is 0 Å². The van der Waals surface area contributed by atoms with Crippen molar-refractivity contribution in [2.45, 2.75) is 33.1 Å². The molecule has 4 nitrogen and oxygen atoms in total. The first-order valence-electron chi connectivity index (χ1n) is 7.52. The van der Waals surface area contributed by atoms with Crippen LogP contribution in [0.3, 0.4) is 0 Å². The predicted molar refractivity (Wildman–Crippen MR) is 92.5 cm³/mol. The highest BCUT2D eigenvalue weighted by molar-refractivity contribution is 5.82. The Bertz CT molecular complexity index is 719. The van der Waals surface area contributed by atoms with Crippen molar-refractivity contribution in [1.82, 2.24) is 0 Å². The molecule has 2 aromatic carbocycles. The van der Waals surface area contributed by atoms with Crippen molar-refractivity contribution in [3.8, 4) is 5.75 Å². The molecule has 0 radical (unpaired) electrons. The van der Waals surface area contributed by atoms with Gasteiger partial charge in [-0.25, -0.2) is 0 Å². The van der Waals surface area contributed by atoms with Crippen LogP contribution in [0.5, 0.6) is 5.75 Å². The van der Waals surface area contributed by atoms with Crippen LogP contribution in [0.25, 0.3) is 0 Å². The zero-order chi connectivity index (χ0) is 16.1. The number of hydrogen-bond donors (Lipinski definition) is 2. The largest absolute Gasteiger partial charge is 0.505 e. The number of phenols is 1. The highest BCUT2D eigenvalue weighted by Crippen LogP contribution is 2.43. The summed E-state index contributed by atoms with van der Waals surface area (Å²) in [5.41, 5.74) is 8.19. The molecule has 0 amide bonds. The number of fused-ring (bicyclic) bond motifs is 1. The maximum atomic E-state index is 10.8. The molecular formula is C18H23N3O. The minimum atomic E-state index is -0.115. The van der Waals surface area contributed by atoms with E-state index < -0.39 is 0 Å². The SMILES string of the molecule is Cc1cc(N2Nc3ccccc3N2C)c(O)c(C(C)(C)C)c1. The van der Waals surface area contributed by atoms with Crippen LogP contribution in [0.1, 0.15) is 31.9 Å². The van der Waals surface area contributed by atoms with Gasteiger partial charge >= 0.3 is 0 Å². The molecule has 1 heterocycles. The minimum absolute atomic E-state index is 0.115. The van der Waals surface area contributed by atoms with Gasteiger partial charge in [0.2, 0.25) is 0 Å². The highest BCUT2D eigenvalue weighted by atomic mass is 16.3. The van der Waals surface area contributed by atoms with E-state index in [-0.39, 0.29) is 5.41 Å². The van der Waals surface area contributed by atoms with Crippen LogP contribution in [0.4, 0.5) is 17.1 Å². The maximum absolute atomic E-state index is 10.8. The molecule has 0 aromatic heterocycles. The summed E-state index contributed by atoms with van der Waals surface area (Å²) in [6, 6.07) is 12.2. The third-order valence-electron chi connectivity index (χ3n) is 4.05. The van der Waals surface area contributed by atoms with Crippen molar-refractivity contribution in [3.63, 3.8) is 0 Å². The third kappa shape index (κ3) is 2.25. The van der Waals surface area contributed by atoms with Gasteiger partial charge in [-0.3, -0.25) is 10.4 Å². The fraction of sp³-hybridized carbons (Fsp3) is 0.333. The number of aryl methyl sites for hydroxylation is 1. The summed E-state index contributed by atoms with van der Waals surface area (Å²) >= 11 is 0. The molecule has 1 aliphatic heterocycles. The Hall–Kier alpha value is -2.36. The van der Waals surface area contributed by atoms with Gasteiger partial charge in [0.15, 0.2) is 0 Å². The number of rotatable bonds is 1. The van der Waals surface area contributed by atoms with Crippen molar-refractivity contribution >= 4 is 17.1 Å². The van der Waals surface area contributed by atoms with Gasteiger partial charge < -0.3 is 5.11 Å². The molecule has 3 rings (SSSR count). The first-order chi connectivity index (χ1) is 10.3. The predicted octanol–water partition coefficient (Wildman–Crippen LogP) is 4.20. The van der Waals surface area contributed by atoms with E-state index in [0.717, 1.165) is 28.2 Å². The van der Waals surface area contributed by atoms with E-state index in [4.69, 9.17) is 0 Å². The van der Waals surface area contributed by atoms with E-state index in [2.05, 4.69) is 45.3 Å². The summed E-state index contributed by atoms with van der Waals surface area (Å²) in [6.45, 7) is 8.39. The fourth-order valence-corrected chi connectivity index (χ4v) is 2.86. The van der Waals surface area contributed by atoms with Crippen LogP contribution >= 0.6 is 0 Å². The van der Waals surface area contributed by atoms with Crippen molar-refractivity contribution < 1.29 is 5.11 Å². The summed E-state index contributed by atoms with van der Waals surface area (Å²) in [5, 5.41) is 14.7. The van der Waals surface area contributed by atoms with Gasteiger partial charge in [-0.1, -0.05) is 39.0 Å². The number of hydrogen-bond acceptors (Lipinski definition) is 4. The number of aromatic hydroxyl groups is 1. The number of benzene rings is 2. The topological polar surface area (TPSA) is 38.7 Å². The van der Waals surface area contributed by atoms with Gasteiger partial charge in [0.25, 0.3) is 0 Å². The number of nitrogens with zero attached hydrogens (tertiary/aromatic N) is 2. The van der Waals surface area contributed by atoms with Crippen LogP contribution < -0.4 is 15.6 Å². The van der Waals surface area contributed by atoms with Crippen molar-refractivity contribution in [1.29, 1.82) is 0 Å². The van der Waals surface area contributed by atoms with Crippen LogP contribution in [-0.2, 0) is 5.41 Å². The molecular weight excluding hydrogens is 274 g/mol. The zero-order valence-electron chi connectivity index (χ0n) is 13.8. The first-order valence-corrected chi connectivity index (χ1v) is 7.52. The molecule has 1 aliphatic rings. The van der Waals surface area contributed by atoms with E-state index >= 15 is 0 Å². The van der Waals surface area contributed by atoms with Crippen LogP contribution in [0, 0.1) is 6.92 Å². The van der Waals surface area contributed by atoms with E-state index in [1.165, 1.54) is 0 Å². The molecule has 2 aromatic rings. The average Bonchev–Trinajstić information content (AvgIpc) is 2.78. The number of anilines is 3. The lowest BCUT2D eigenvalue weighted by Gasteiger charge is -2.31. The quantitative estimate of drug-likeness (QED) is 0.827. The molecule has 0 fully saturated rings. The monoisotopic (exact) mass is 297 g/mol. The van der Waals surface area contributed by atoms with E-state index in [9.17, 15) is 5.11 Å². The summed E-state index contributed by atoms with van der Waals surface area (Å²) in [6.07, 6.45) is 0. The molecule has 0 saturated carbocycles. The molecule has 0 unspecified atom stereocenters. The number of nitrogens with one attached hydrogen (secondary N) is 1. The molecule has 22 heavy (non-hydrogen) atoms. The van der Waals surface area contributed by atoms with Crippen LogP contribution in [0.15, 0.2) is 36.4 Å².